The summed E-state index contributed by atoms with van der Waals surface area (Å²) in [6.07, 6.45) is 3.39. The van der Waals surface area contributed by atoms with E-state index in [0.29, 0.717) is 18.8 Å². The van der Waals surface area contributed by atoms with Crippen LogP contribution in [-0.2, 0) is 9.53 Å². The van der Waals surface area contributed by atoms with Crippen LogP contribution >= 0.6 is 0 Å². The van der Waals surface area contributed by atoms with E-state index in [2.05, 4.69) is 10.3 Å². The molecule has 0 aliphatic heterocycles. The summed E-state index contributed by atoms with van der Waals surface area (Å²) in [7, 11) is 0. The zero-order valence-electron chi connectivity index (χ0n) is 15.3. The molecular formula is C20H21N3O4. The maximum absolute atomic E-state index is 12.0. The molecule has 0 aliphatic rings. The number of esters is 1. The molecular weight excluding hydrogens is 346 g/mol. The molecule has 1 amide bonds. The number of pyridine rings is 1. The summed E-state index contributed by atoms with van der Waals surface area (Å²) in [6, 6.07) is 11.4. The predicted octanol–water partition coefficient (Wildman–Crippen LogP) is 2.30. The number of hydrogen-bond donors (Lipinski definition) is 1. The third kappa shape index (κ3) is 5.07. The highest BCUT2D eigenvalue weighted by molar-refractivity contribution is 5.90. The van der Waals surface area contributed by atoms with E-state index in [1.165, 1.54) is 0 Å². The standard InChI is InChI=1S/C20H21N3O4/c1-14-4-3-5-16(10-14)26-9-7-21-19(24)13-27-20(25)17-12-23-8-6-15(2)11-18(23)22-17/h3-6,8,10-12H,7,9,13H2,1-2H3,(H,21,24). The number of fused-ring (bicyclic) bond motifs is 1. The molecule has 27 heavy (non-hydrogen) atoms. The predicted molar refractivity (Wildman–Crippen MR) is 99.9 cm³/mol. The van der Waals surface area contributed by atoms with Crippen LogP contribution in [-0.4, -0.2) is 41.0 Å². The summed E-state index contributed by atoms with van der Waals surface area (Å²) in [6.45, 7) is 4.20. The lowest BCUT2D eigenvalue weighted by molar-refractivity contribution is -0.124. The third-order valence-electron chi connectivity index (χ3n) is 3.84. The normalized spacial score (nSPS) is 10.6. The molecule has 0 saturated carbocycles. The first kappa shape index (κ1) is 18.4. The summed E-state index contributed by atoms with van der Waals surface area (Å²) in [4.78, 5) is 28.0. The summed E-state index contributed by atoms with van der Waals surface area (Å²) in [5.74, 6) is -0.281. The van der Waals surface area contributed by atoms with Gasteiger partial charge in [-0.25, -0.2) is 9.78 Å². The fraction of sp³-hybridized carbons (Fsp3) is 0.250. The lowest BCUT2D eigenvalue weighted by Crippen LogP contribution is -2.32. The average Bonchev–Trinajstić information content (AvgIpc) is 3.06. The zero-order chi connectivity index (χ0) is 19.2. The SMILES string of the molecule is Cc1cccc(OCCNC(=O)COC(=O)c2cn3ccc(C)cc3n2)c1. The van der Waals surface area contributed by atoms with Gasteiger partial charge in [-0.3, -0.25) is 4.79 Å². The van der Waals surface area contributed by atoms with E-state index in [0.717, 1.165) is 16.9 Å². The van der Waals surface area contributed by atoms with Crippen molar-refractivity contribution in [1.82, 2.24) is 14.7 Å². The first-order valence-corrected chi connectivity index (χ1v) is 8.60. The molecule has 0 fully saturated rings. The zero-order valence-corrected chi connectivity index (χ0v) is 15.3. The number of hydrogen-bond acceptors (Lipinski definition) is 5. The Bertz CT molecular complexity index is 965. The van der Waals surface area contributed by atoms with Gasteiger partial charge in [0.05, 0.1) is 6.54 Å². The van der Waals surface area contributed by atoms with Crippen molar-refractivity contribution in [3.05, 3.63) is 65.6 Å². The topological polar surface area (TPSA) is 81.9 Å². The molecule has 0 aliphatic carbocycles. The maximum atomic E-state index is 12.0. The quantitative estimate of drug-likeness (QED) is 0.512. The van der Waals surface area contributed by atoms with Gasteiger partial charge in [-0.2, -0.15) is 0 Å². The number of carbonyl (C=O) groups excluding carboxylic acids is 2. The molecule has 3 aromatic rings. The van der Waals surface area contributed by atoms with Crippen molar-refractivity contribution in [1.29, 1.82) is 0 Å². The number of amides is 1. The minimum Gasteiger partial charge on any atom is -0.492 e. The molecule has 2 heterocycles. The molecule has 7 nitrogen and oxygen atoms in total. The number of aromatic nitrogens is 2. The smallest absolute Gasteiger partial charge is 0.359 e. The Labute approximate surface area is 156 Å². The van der Waals surface area contributed by atoms with E-state index in [1.807, 2.05) is 56.4 Å². The second-order valence-corrected chi connectivity index (χ2v) is 6.19. The Morgan fingerprint density at radius 1 is 1.15 bits per heavy atom. The van der Waals surface area contributed by atoms with Gasteiger partial charge in [0.2, 0.25) is 0 Å². The molecule has 2 aromatic heterocycles. The van der Waals surface area contributed by atoms with Crippen molar-refractivity contribution < 1.29 is 19.1 Å². The fourth-order valence-corrected chi connectivity index (χ4v) is 2.50. The van der Waals surface area contributed by atoms with Gasteiger partial charge in [-0.15, -0.1) is 0 Å². The molecule has 0 bridgehead atoms. The maximum Gasteiger partial charge on any atom is 0.359 e. The first-order chi connectivity index (χ1) is 13.0. The number of ether oxygens (including phenoxy) is 2. The molecule has 3 rings (SSSR count). The molecule has 0 radical (unpaired) electrons. The second kappa shape index (κ2) is 8.35. The Morgan fingerprint density at radius 2 is 1.96 bits per heavy atom. The fourth-order valence-electron chi connectivity index (χ4n) is 2.50. The third-order valence-corrected chi connectivity index (χ3v) is 3.84. The largest absolute Gasteiger partial charge is 0.492 e. The van der Waals surface area contributed by atoms with Crippen molar-refractivity contribution in [2.75, 3.05) is 19.8 Å². The number of nitrogens with one attached hydrogen (secondary N) is 1. The van der Waals surface area contributed by atoms with Crippen LogP contribution in [0.25, 0.3) is 5.65 Å². The highest BCUT2D eigenvalue weighted by atomic mass is 16.5. The van der Waals surface area contributed by atoms with Gasteiger partial charge in [0, 0.05) is 12.4 Å². The van der Waals surface area contributed by atoms with Crippen molar-refractivity contribution in [3.63, 3.8) is 0 Å². The van der Waals surface area contributed by atoms with Crippen LogP contribution in [0.2, 0.25) is 0 Å². The van der Waals surface area contributed by atoms with Crippen LogP contribution in [0.5, 0.6) is 5.75 Å². The number of imidazole rings is 1. The summed E-state index contributed by atoms with van der Waals surface area (Å²) in [5.41, 5.74) is 2.96. The van der Waals surface area contributed by atoms with Crippen LogP contribution in [0.4, 0.5) is 0 Å². The number of aryl methyl sites for hydroxylation is 2. The van der Waals surface area contributed by atoms with E-state index in [1.54, 1.807) is 10.6 Å². The molecule has 0 atom stereocenters. The van der Waals surface area contributed by atoms with Gasteiger partial charge in [0.15, 0.2) is 12.3 Å². The highest BCUT2D eigenvalue weighted by Gasteiger charge is 2.14. The average molecular weight is 367 g/mol. The Kier molecular flexibility index (Phi) is 5.71. The minimum atomic E-state index is -0.637. The number of carbonyl (C=O) groups is 2. The van der Waals surface area contributed by atoms with Crippen LogP contribution < -0.4 is 10.1 Å². The van der Waals surface area contributed by atoms with E-state index in [4.69, 9.17) is 9.47 Å². The van der Waals surface area contributed by atoms with Crippen LogP contribution in [0.1, 0.15) is 21.6 Å². The lowest BCUT2D eigenvalue weighted by atomic mass is 10.2. The minimum absolute atomic E-state index is 0.163. The summed E-state index contributed by atoms with van der Waals surface area (Å²) < 4.78 is 12.3. The number of benzene rings is 1. The number of rotatable bonds is 7. The molecule has 1 N–H and O–H groups in total. The molecule has 0 spiro atoms. The first-order valence-electron chi connectivity index (χ1n) is 8.60. The Balaban J connectivity index is 1.41. The second-order valence-electron chi connectivity index (χ2n) is 6.19. The van der Waals surface area contributed by atoms with Gasteiger partial charge < -0.3 is 19.2 Å². The Morgan fingerprint density at radius 3 is 2.78 bits per heavy atom. The van der Waals surface area contributed by atoms with Gasteiger partial charge in [-0.05, 0) is 49.2 Å². The van der Waals surface area contributed by atoms with Crippen molar-refractivity contribution in [2.45, 2.75) is 13.8 Å². The van der Waals surface area contributed by atoms with Crippen LogP contribution in [0, 0.1) is 13.8 Å². The molecule has 0 saturated heterocycles. The lowest BCUT2D eigenvalue weighted by Gasteiger charge is -2.08. The molecule has 140 valence electrons. The van der Waals surface area contributed by atoms with Crippen LogP contribution in [0.3, 0.4) is 0 Å². The van der Waals surface area contributed by atoms with E-state index in [9.17, 15) is 9.59 Å². The molecule has 1 aromatic carbocycles. The summed E-state index contributed by atoms with van der Waals surface area (Å²) in [5, 5.41) is 2.64. The number of nitrogens with zero attached hydrogens (tertiary/aromatic N) is 2. The van der Waals surface area contributed by atoms with Gasteiger partial charge in [0.1, 0.15) is 18.0 Å². The van der Waals surface area contributed by atoms with Crippen molar-refractivity contribution >= 4 is 17.5 Å². The van der Waals surface area contributed by atoms with Crippen molar-refractivity contribution in [3.8, 4) is 5.75 Å². The van der Waals surface area contributed by atoms with Gasteiger partial charge in [-0.1, -0.05) is 12.1 Å². The molecule has 7 heteroatoms. The Hall–Kier alpha value is -3.35. The van der Waals surface area contributed by atoms with E-state index >= 15 is 0 Å². The van der Waals surface area contributed by atoms with Gasteiger partial charge >= 0.3 is 5.97 Å². The van der Waals surface area contributed by atoms with Gasteiger partial charge in [0.25, 0.3) is 5.91 Å². The summed E-state index contributed by atoms with van der Waals surface area (Å²) >= 11 is 0. The van der Waals surface area contributed by atoms with Crippen molar-refractivity contribution in [2.24, 2.45) is 0 Å². The van der Waals surface area contributed by atoms with E-state index < -0.39 is 11.9 Å². The highest BCUT2D eigenvalue weighted by Crippen LogP contribution is 2.11. The monoisotopic (exact) mass is 367 g/mol. The van der Waals surface area contributed by atoms with Crippen LogP contribution in [0.15, 0.2) is 48.8 Å². The van der Waals surface area contributed by atoms with E-state index in [-0.39, 0.29) is 12.3 Å². The molecule has 0 unspecified atom stereocenters.